The Labute approximate surface area is 182 Å². The van der Waals surface area contributed by atoms with Crippen LogP contribution in [0.25, 0.3) is 0 Å². The van der Waals surface area contributed by atoms with Gasteiger partial charge in [-0.25, -0.2) is 9.97 Å². The molecule has 11 heteroatoms. The summed E-state index contributed by atoms with van der Waals surface area (Å²) in [5.41, 5.74) is 1.84. The SMILES string of the molecule is N=C1N[C@]2(CC(=O)N1C1CCOCC1)Cc1c(Nc3nccnc3OC(F)F)cccc12. The maximum Gasteiger partial charge on any atom is 0.388 e. The van der Waals surface area contributed by atoms with Crippen molar-refractivity contribution in [1.29, 1.82) is 5.41 Å². The number of hydrogen-bond donors (Lipinski definition) is 3. The van der Waals surface area contributed by atoms with Crippen LogP contribution in [0.5, 0.6) is 5.88 Å². The molecule has 0 saturated carbocycles. The highest BCUT2D eigenvalue weighted by Crippen LogP contribution is 2.47. The summed E-state index contributed by atoms with van der Waals surface area (Å²) >= 11 is 0. The number of alkyl halides is 2. The molecule has 2 aliphatic heterocycles. The van der Waals surface area contributed by atoms with Crippen molar-refractivity contribution in [3.05, 3.63) is 41.7 Å². The summed E-state index contributed by atoms with van der Waals surface area (Å²) in [6.07, 6.45) is 4.84. The van der Waals surface area contributed by atoms with E-state index in [4.69, 9.17) is 10.1 Å². The first-order valence-electron chi connectivity index (χ1n) is 10.4. The molecular weight excluding hydrogens is 422 g/mol. The van der Waals surface area contributed by atoms with E-state index in [-0.39, 0.29) is 36.0 Å². The van der Waals surface area contributed by atoms with Crippen LogP contribution in [0.2, 0.25) is 0 Å². The van der Waals surface area contributed by atoms with Gasteiger partial charge in [0.05, 0.1) is 12.0 Å². The molecule has 1 atom stereocenters. The third-order valence-corrected chi connectivity index (χ3v) is 6.16. The highest BCUT2D eigenvalue weighted by Gasteiger charge is 2.51. The van der Waals surface area contributed by atoms with Crippen molar-refractivity contribution in [2.75, 3.05) is 18.5 Å². The maximum atomic E-state index is 13.0. The van der Waals surface area contributed by atoms with Crippen molar-refractivity contribution in [3.63, 3.8) is 0 Å². The van der Waals surface area contributed by atoms with E-state index in [1.807, 2.05) is 12.1 Å². The van der Waals surface area contributed by atoms with Crippen LogP contribution < -0.4 is 15.4 Å². The van der Waals surface area contributed by atoms with Gasteiger partial charge in [0.15, 0.2) is 11.8 Å². The fraction of sp³-hybridized carbons (Fsp3) is 0.429. The number of carbonyl (C=O) groups excluding carboxylic acids is 1. The summed E-state index contributed by atoms with van der Waals surface area (Å²) < 4.78 is 35.2. The van der Waals surface area contributed by atoms with Gasteiger partial charge in [-0.2, -0.15) is 8.78 Å². The fourth-order valence-corrected chi connectivity index (χ4v) is 4.74. The number of halogens is 2. The molecule has 2 fully saturated rings. The van der Waals surface area contributed by atoms with E-state index in [1.165, 1.54) is 12.4 Å². The Hall–Kier alpha value is -3.34. The van der Waals surface area contributed by atoms with Crippen molar-refractivity contribution in [3.8, 4) is 5.88 Å². The third kappa shape index (κ3) is 3.52. The lowest BCUT2D eigenvalue weighted by molar-refractivity contribution is -0.134. The summed E-state index contributed by atoms with van der Waals surface area (Å²) in [5.74, 6) is -0.188. The summed E-state index contributed by atoms with van der Waals surface area (Å²) in [6, 6.07) is 5.50. The lowest BCUT2D eigenvalue weighted by atomic mass is 9.67. The first kappa shape index (κ1) is 20.6. The van der Waals surface area contributed by atoms with Crippen LogP contribution in [0, 0.1) is 5.41 Å². The average molecular weight is 444 g/mol. The summed E-state index contributed by atoms with van der Waals surface area (Å²) in [7, 11) is 0. The van der Waals surface area contributed by atoms with Crippen LogP contribution in [0.15, 0.2) is 30.6 Å². The number of guanidine groups is 1. The molecule has 2 aromatic rings. The Bertz CT molecular complexity index is 1040. The molecule has 3 N–H and O–H groups in total. The van der Waals surface area contributed by atoms with Gasteiger partial charge in [0, 0.05) is 43.8 Å². The quantitative estimate of drug-likeness (QED) is 0.650. The van der Waals surface area contributed by atoms with Gasteiger partial charge in [-0.1, -0.05) is 12.1 Å². The standard InChI is InChI=1S/C21H22F2N6O3/c22-19(23)32-18-17(25-6-7-26-18)27-15-3-1-2-14-13(15)10-21(14)11-16(30)29(20(24)28-21)12-4-8-31-9-5-12/h1-3,6-7,12,19H,4-5,8-11H2,(H2,24,28)(H,25,27)/t21-/m0/s1. The number of amides is 1. The molecule has 1 aromatic carbocycles. The van der Waals surface area contributed by atoms with E-state index in [0.29, 0.717) is 38.2 Å². The highest BCUT2D eigenvalue weighted by atomic mass is 19.3. The van der Waals surface area contributed by atoms with E-state index < -0.39 is 12.2 Å². The molecule has 0 unspecified atom stereocenters. The Morgan fingerprint density at radius 2 is 2.03 bits per heavy atom. The normalized spacial score (nSPS) is 23.0. The number of anilines is 2. The molecule has 32 heavy (non-hydrogen) atoms. The molecule has 2 saturated heterocycles. The topological polar surface area (TPSA) is 112 Å². The smallest absolute Gasteiger partial charge is 0.388 e. The number of rotatable bonds is 5. The zero-order valence-corrected chi connectivity index (χ0v) is 17.1. The Morgan fingerprint density at radius 1 is 1.25 bits per heavy atom. The maximum absolute atomic E-state index is 13.0. The molecule has 1 amide bonds. The van der Waals surface area contributed by atoms with Gasteiger partial charge >= 0.3 is 6.61 Å². The lowest BCUT2D eigenvalue weighted by Gasteiger charge is -2.51. The first-order chi connectivity index (χ1) is 15.5. The van der Waals surface area contributed by atoms with E-state index in [9.17, 15) is 13.6 Å². The summed E-state index contributed by atoms with van der Waals surface area (Å²) in [6.45, 7) is -1.84. The monoisotopic (exact) mass is 444 g/mol. The second-order valence-electron chi connectivity index (χ2n) is 8.06. The van der Waals surface area contributed by atoms with Crippen LogP contribution in [0.1, 0.15) is 30.4 Å². The van der Waals surface area contributed by atoms with Gasteiger partial charge < -0.3 is 20.1 Å². The molecule has 168 valence electrons. The van der Waals surface area contributed by atoms with Gasteiger partial charge in [0.25, 0.3) is 5.88 Å². The second kappa shape index (κ2) is 7.97. The first-order valence-corrected chi connectivity index (χ1v) is 10.4. The predicted octanol–water partition coefficient (Wildman–Crippen LogP) is 2.51. The molecular formula is C21H22F2N6O3. The van der Waals surface area contributed by atoms with E-state index in [1.54, 1.807) is 11.0 Å². The van der Waals surface area contributed by atoms with Crippen molar-refractivity contribution >= 4 is 23.4 Å². The number of carbonyl (C=O) groups is 1. The minimum Gasteiger partial charge on any atom is -0.413 e. The third-order valence-electron chi connectivity index (χ3n) is 6.16. The Morgan fingerprint density at radius 3 is 2.78 bits per heavy atom. The Kier molecular flexibility index (Phi) is 5.12. The van der Waals surface area contributed by atoms with Gasteiger partial charge in [-0.3, -0.25) is 15.1 Å². The van der Waals surface area contributed by atoms with Crippen LogP contribution >= 0.6 is 0 Å². The van der Waals surface area contributed by atoms with Crippen molar-refractivity contribution in [2.24, 2.45) is 0 Å². The molecule has 0 radical (unpaired) electrons. The van der Waals surface area contributed by atoms with Crippen molar-refractivity contribution in [1.82, 2.24) is 20.2 Å². The molecule has 9 nitrogen and oxygen atoms in total. The van der Waals surface area contributed by atoms with Crippen molar-refractivity contribution < 1.29 is 23.0 Å². The largest absolute Gasteiger partial charge is 0.413 e. The minimum atomic E-state index is -3.02. The second-order valence-corrected chi connectivity index (χ2v) is 8.06. The molecule has 3 aliphatic rings. The zero-order valence-electron chi connectivity index (χ0n) is 17.1. The molecule has 5 rings (SSSR count). The lowest BCUT2D eigenvalue weighted by Crippen LogP contribution is -2.66. The van der Waals surface area contributed by atoms with Gasteiger partial charge in [0.1, 0.15) is 0 Å². The number of fused-ring (bicyclic) bond motifs is 2. The van der Waals surface area contributed by atoms with Gasteiger partial charge in [-0.05, 0) is 30.0 Å². The highest BCUT2D eigenvalue weighted by molar-refractivity contribution is 6.00. The van der Waals surface area contributed by atoms with Crippen LogP contribution in [-0.4, -0.2) is 52.6 Å². The molecule has 3 heterocycles. The minimum absolute atomic E-state index is 0.0222. The van der Waals surface area contributed by atoms with Gasteiger partial charge in [0.2, 0.25) is 5.91 Å². The average Bonchev–Trinajstić information content (AvgIpc) is 2.75. The number of benzene rings is 1. The van der Waals surface area contributed by atoms with Crippen molar-refractivity contribution in [2.45, 2.75) is 43.9 Å². The molecule has 1 aliphatic carbocycles. The predicted molar refractivity (Wildman–Crippen MR) is 110 cm³/mol. The number of nitrogens with one attached hydrogen (secondary N) is 3. The zero-order chi connectivity index (χ0) is 22.3. The number of nitrogens with zero attached hydrogens (tertiary/aromatic N) is 3. The summed E-state index contributed by atoms with van der Waals surface area (Å²) in [5, 5.41) is 14.8. The summed E-state index contributed by atoms with van der Waals surface area (Å²) in [4.78, 5) is 22.5. The van der Waals surface area contributed by atoms with Gasteiger partial charge in [-0.15, -0.1) is 0 Å². The van der Waals surface area contributed by atoms with E-state index in [0.717, 1.165) is 11.1 Å². The van der Waals surface area contributed by atoms with Crippen LogP contribution in [0.3, 0.4) is 0 Å². The fourth-order valence-electron chi connectivity index (χ4n) is 4.74. The molecule has 0 bridgehead atoms. The van der Waals surface area contributed by atoms with Crippen LogP contribution in [0.4, 0.5) is 20.3 Å². The van der Waals surface area contributed by atoms with Crippen LogP contribution in [-0.2, 0) is 21.5 Å². The number of hydrogen-bond acceptors (Lipinski definition) is 7. The number of aromatic nitrogens is 2. The van der Waals surface area contributed by atoms with E-state index in [2.05, 4.69) is 25.3 Å². The number of ether oxygens (including phenoxy) is 2. The Balaban J connectivity index is 1.37. The van der Waals surface area contributed by atoms with E-state index >= 15 is 0 Å². The molecule has 1 aromatic heterocycles. The molecule has 1 spiro atoms.